The fourth-order valence-electron chi connectivity index (χ4n) is 2.54. The zero-order valence-corrected chi connectivity index (χ0v) is 13.2. The van der Waals surface area contributed by atoms with E-state index in [-0.39, 0.29) is 10.7 Å². The lowest BCUT2D eigenvalue weighted by atomic mass is 10.1. The molecule has 0 bridgehead atoms. The summed E-state index contributed by atoms with van der Waals surface area (Å²) in [5.74, 6) is 0.740. The summed E-state index contributed by atoms with van der Waals surface area (Å²) >= 11 is 5.86. The van der Waals surface area contributed by atoms with Gasteiger partial charge in [0.2, 0.25) is 0 Å². The maximum absolute atomic E-state index is 11.0. The Morgan fingerprint density at radius 2 is 2.24 bits per heavy atom. The molecule has 1 aromatic rings. The molecule has 116 valence electrons. The number of rotatable bonds is 8. The molecule has 0 radical (unpaired) electrons. The van der Waals surface area contributed by atoms with E-state index in [0.717, 1.165) is 18.0 Å². The Kier molecular flexibility index (Phi) is 5.56. The molecule has 1 aromatic carbocycles. The molecule has 0 aromatic heterocycles. The third kappa shape index (κ3) is 4.40. The normalized spacial score (nSPS) is 16.2. The van der Waals surface area contributed by atoms with E-state index < -0.39 is 4.92 Å². The van der Waals surface area contributed by atoms with Crippen LogP contribution in [-0.2, 0) is 11.3 Å². The topological polar surface area (TPSA) is 55.6 Å². The maximum Gasteiger partial charge on any atom is 0.288 e. The van der Waals surface area contributed by atoms with Gasteiger partial charge in [0.1, 0.15) is 5.02 Å². The number of nitrogens with zero attached hydrogens (tertiary/aromatic N) is 2. The molecule has 1 aliphatic rings. The first-order chi connectivity index (χ1) is 10.0. The Hall–Kier alpha value is -1.17. The Morgan fingerprint density at radius 1 is 1.52 bits per heavy atom. The van der Waals surface area contributed by atoms with Gasteiger partial charge in [-0.2, -0.15) is 0 Å². The van der Waals surface area contributed by atoms with Crippen molar-refractivity contribution in [2.24, 2.45) is 5.92 Å². The second kappa shape index (κ2) is 7.20. The van der Waals surface area contributed by atoms with E-state index in [0.29, 0.717) is 19.2 Å². The highest BCUT2D eigenvalue weighted by Crippen LogP contribution is 2.36. The molecule has 1 atom stereocenters. The number of nitro benzene ring substituents is 1. The van der Waals surface area contributed by atoms with Gasteiger partial charge in [0.25, 0.3) is 5.69 Å². The van der Waals surface area contributed by atoms with Crippen LogP contribution in [0.1, 0.15) is 25.3 Å². The second-order valence-corrected chi connectivity index (χ2v) is 5.99. The number of nitro groups is 1. The molecule has 5 nitrogen and oxygen atoms in total. The van der Waals surface area contributed by atoms with Crippen molar-refractivity contribution >= 4 is 17.3 Å². The first kappa shape index (κ1) is 16.2. The van der Waals surface area contributed by atoms with Crippen LogP contribution < -0.4 is 0 Å². The van der Waals surface area contributed by atoms with Crippen molar-refractivity contribution in [3.63, 3.8) is 0 Å². The SMILES string of the molecule is COCCN(Cc1ccc(Cl)c([N+](=O)[O-])c1)C(C)C1CC1. The molecule has 0 saturated heterocycles. The molecule has 0 aliphatic heterocycles. The molecule has 0 amide bonds. The molecule has 1 saturated carbocycles. The average Bonchev–Trinajstić information content (AvgIpc) is 3.28. The number of ether oxygens (including phenoxy) is 1. The van der Waals surface area contributed by atoms with Gasteiger partial charge in [0, 0.05) is 32.3 Å². The third-order valence-corrected chi connectivity index (χ3v) is 4.38. The lowest BCUT2D eigenvalue weighted by Crippen LogP contribution is -2.36. The summed E-state index contributed by atoms with van der Waals surface area (Å²) in [4.78, 5) is 12.9. The first-order valence-electron chi connectivity index (χ1n) is 7.18. The van der Waals surface area contributed by atoms with Crippen LogP contribution >= 0.6 is 11.6 Å². The minimum atomic E-state index is -0.435. The number of hydrogen-bond donors (Lipinski definition) is 0. The van der Waals surface area contributed by atoms with E-state index in [1.165, 1.54) is 12.8 Å². The van der Waals surface area contributed by atoms with Crippen molar-refractivity contribution in [2.75, 3.05) is 20.3 Å². The summed E-state index contributed by atoms with van der Waals surface area (Å²) in [6, 6.07) is 5.50. The van der Waals surface area contributed by atoms with E-state index in [9.17, 15) is 10.1 Å². The van der Waals surface area contributed by atoms with Crippen LogP contribution in [0.25, 0.3) is 0 Å². The number of hydrogen-bond acceptors (Lipinski definition) is 4. The molecule has 0 spiro atoms. The summed E-state index contributed by atoms with van der Waals surface area (Å²) in [5.41, 5.74) is 0.884. The molecular formula is C15H21ClN2O3. The van der Waals surface area contributed by atoms with Gasteiger partial charge in [-0.25, -0.2) is 0 Å². The maximum atomic E-state index is 11.0. The molecule has 2 rings (SSSR count). The molecule has 6 heteroatoms. The van der Waals surface area contributed by atoms with Crippen molar-refractivity contribution < 1.29 is 9.66 Å². The molecule has 1 aliphatic carbocycles. The van der Waals surface area contributed by atoms with Crippen LogP contribution in [0.3, 0.4) is 0 Å². The number of benzene rings is 1. The average molecular weight is 313 g/mol. The van der Waals surface area contributed by atoms with Gasteiger partial charge in [-0.3, -0.25) is 15.0 Å². The highest BCUT2D eigenvalue weighted by molar-refractivity contribution is 6.32. The minimum absolute atomic E-state index is 0.0278. The minimum Gasteiger partial charge on any atom is -0.383 e. The van der Waals surface area contributed by atoms with Crippen LogP contribution in [0.2, 0.25) is 5.02 Å². The molecule has 21 heavy (non-hydrogen) atoms. The van der Waals surface area contributed by atoms with Crippen molar-refractivity contribution in [3.05, 3.63) is 38.9 Å². The highest BCUT2D eigenvalue weighted by Gasteiger charge is 2.32. The zero-order chi connectivity index (χ0) is 15.4. The van der Waals surface area contributed by atoms with E-state index in [1.54, 1.807) is 19.2 Å². The molecule has 1 fully saturated rings. The zero-order valence-electron chi connectivity index (χ0n) is 12.4. The predicted octanol–water partition coefficient (Wildman–Crippen LogP) is 3.50. The standard InChI is InChI=1S/C15H21ClN2O3/c1-11(13-4-5-13)17(7-8-21-2)10-12-3-6-14(16)15(9-12)18(19)20/h3,6,9,11,13H,4-5,7-8,10H2,1-2H3. The monoisotopic (exact) mass is 312 g/mol. The summed E-state index contributed by atoms with van der Waals surface area (Å²) in [7, 11) is 1.69. The van der Waals surface area contributed by atoms with Crippen molar-refractivity contribution in [2.45, 2.75) is 32.4 Å². The van der Waals surface area contributed by atoms with Gasteiger partial charge < -0.3 is 4.74 Å². The fourth-order valence-corrected chi connectivity index (χ4v) is 2.73. The van der Waals surface area contributed by atoms with Gasteiger partial charge >= 0.3 is 0 Å². The number of halogens is 1. The highest BCUT2D eigenvalue weighted by atomic mass is 35.5. The van der Waals surface area contributed by atoms with Crippen LogP contribution in [0.5, 0.6) is 0 Å². The van der Waals surface area contributed by atoms with Gasteiger partial charge in [-0.15, -0.1) is 0 Å². The first-order valence-corrected chi connectivity index (χ1v) is 7.56. The lowest BCUT2D eigenvalue weighted by Gasteiger charge is -2.29. The van der Waals surface area contributed by atoms with Crippen LogP contribution in [0, 0.1) is 16.0 Å². The Labute approximate surface area is 130 Å². The van der Waals surface area contributed by atoms with E-state index in [2.05, 4.69) is 11.8 Å². The molecular weight excluding hydrogens is 292 g/mol. The third-order valence-electron chi connectivity index (χ3n) is 4.06. The summed E-state index contributed by atoms with van der Waals surface area (Å²) in [6.45, 7) is 4.38. The summed E-state index contributed by atoms with van der Waals surface area (Å²) < 4.78 is 5.17. The Morgan fingerprint density at radius 3 is 2.81 bits per heavy atom. The van der Waals surface area contributed by atoms with E-state index in [1.807, 2.05) is 6.07 Å². The Balaban J connectivity index is 2.11. The van der Waals surface area contributed by atoms with Crippen molar-refractivity contribution in [3.8, 4) is 0 Å². The largest absolute Gasteiger partial charge is 0.383 e. The molecule has 0 heterocycles. The smallest absolute Gasteiger partial charge is 0.288 e. The van der Waals surface area contributed by atoms with Crippen molar-refractivity contribution in [1.29, 1.82) is 0 Å². The quantitative estimate of drug-likeness (QED) is 0.544. The fraction of sp³-hybridized carbons (Fsp3) is 0.600. The lowest BCUT2D eigenvalue weighted by molar-refractivity contribution is -0.384. The van der Waals surface area contributed by atoms with Gasteiger partial charge in [0.15, 0.2) is 0 Å². The summed E-state index contributed by atoms with van der Waals surface area (Å²) in [6.07, 6.45) is 2.54. The second-order valence-electron chi connectivity index (χ2n) is 5.58. The predicted molar refractivity (Wildman–Crippen MR) is 82.6 cm³/mol. The Bertz CT molecular complexity index is 506. The molecule has 0 N–H and O–H groups in total. The van der Waals surface area contributed by atoms with Crippen LogP contribution in [0.15, 0.2) is 18.2 Å². The van der Waals surface area contributed by atoms with Gasteiger partial charge in [0.05, 0.1) is 11.5 Å². The van der Waals surface area contributed by atoms with Gasteiger partial charge in [-0.1, -0.05) is 17.7 Å². The van der Waals surface area contributed by atoms with Gasteiger partial charge in [-0.05, 0) is 37.3 Å². The van der Waals surface area contributed by atoms with E-state index >= 15 is 0 Å². The molecule has 1 unspecified atom stereocenters. The van der Waals surface area contributed by atoms with Crippen molar-refractivity contribution in [1.82, 2.24) is 4.90 Å². The van der Waals surface area contributed by atoms with Crippen LogP contribution in [-0.4, -0.2) is 36.1 Å². The number of methoxy groups -OCH3 is 1. The van der Waals surface area contributed by atoms with E-state index in [4.69, 9.17) is 16.3 Å². The van der Waals surface area contributed by atoms with Crippen LogP contribution in [0.4, 0.5) is 5.69 Å². The summed E-state index contributed by atoms with van der Waals surface area (Å²) in [5, 5.41) is 11.2.